The average Bonchev–Trinajstić information content (AvgIpc) is 2.65. The zero-order chi connectivity index (χ0) is 13.3. The number of halogens is 1. The van der Waals surface area contributed by atoms with Crippen LogP contribution in [0.15, 0.2) is 18.2 Å². The molecule has 0 fully saturated rings. The summed E-state index contributed by atoms with van der Waals surface area (Å²) in [6.07, 6.45) is 0.647. The minimum absolute atomic E-state index is 0.0999. The molecule has 0 radical (unpaired) electrons. The van der Waals surface area contributed by atoms with Crippen LogP contribution in [0.25, 0.3) is 0 Å². The topological polar surface area (TPSA) is 43.4 Å². The third-order valence-electron chi connectivity index (χ3n) is 3.25. The number of benzene rings is 1. The van der Waals surface area contributed by atoms with E-state index in [4.69, 9.17) is 4.74 Å². The molecule has 0 heterocycles. The zero-order valence-corrected chi connectivity index (χ0v) is 12.0. The molecule has 2 unspecified atom stereocenters. The monoisotopic (exact) mass is 310 g/mol. The van der Waals surface area contributed by atoms with Gasteiger partial charge in [-0.3, -0.25) is 9.59 Å². The van der Waals surface area contributed by atoms with Crippen molar-refractivity contribution in [3.05, 3.63) is 34.9 Å². The Morgan fingerprint density at radius 2 is 2.28 bits per heavy atom. The minimum atomic E-state index is -0.328. The second kappa shape index (κ2) is 5.22. The molecule has 1 aromatic carbocycles. The zero-order valence-electron chi connectivity index (χ0n) is 10.4. The lowest BCUT2D eigenvalue weighted by atomic mass is 9.93. The summed E-state index contributed by atoms with van der Waals surface area (Å²) in [6, 6.07) is 5.55. The Kier molecular flexibility index (Phi) is 3.85. The van der Waals surface area contributed by atoms with Crippen LogP contribution in [0.4, 0.5) is 0 Å². The highest BCUT2D eigenvalue weighted by Crippen LogP contribution is 2.33. The van der Waals surface area contributed by atoms with Gasteiger partial charge in [-0.1, -0.05) is 34.1 Å². The highest BCUT2D eigenvalue weighted by atomic mass is 79.9. The third-order valence-corrected chi connectivity index (χ3v) is 3.99. The van der Waals surface area contributed by atoms with Gasteiger partial charge < -0.3 is 4.74 Å². The van der Waals surface area contributed by atoms with Gasteiger partial charge in [0.25, 0.3) is 0 Å². The number of carbonyl (C=O) groups excluding carboxylic acids is 2. The van der Waals surface area contributed by atoms with Crippen LogP contribution in [-0.2, 0) is 16.0 Å². The predicted molar refractivity (Wildman–Crippen MR) is 72.2 cm³/mol. The van der Waals surface area contributed by atoms with Crippen LogP contribution in [0.5, 0.6) is 0 Å². The fourth-order valence-electron chi connectivity index (χ4n) is 2.30. The molecule has 0 saturated heterocycles. The average molecular weight is 311 g/mol. The molecule has 4 heteroatoms. The summed E-state index contributed by atoms with van der Waals surface area (Å²) in [5.74, 6) is -0.468. The normalized spacial score (nSPS) is 19.5. The van der Waals surface area contributed by atoms with Gasteiger partial charge in [-0.25, -0.2) is 0 Å². The van der Waals surface area contributed by atoms with Crippen LogP contribution in [-0.4, -0.2) is 23.2 Å². The lowest BCUT2D eigenvalue weighted by Crippen LogP contribution is -2.14. The van der Waals surface area contributed by atoms with Crippen LogP contribution in [0.3, 0.4) is 0 Å². The number of ether oxygens (including phenoxy) is 1. The number of rotatable bonds is 3. The molecule has 3 nitrogen and oxygen atoms in total. The number of esters is 1. The quantitative estimate of drug-likeness (QED) is 0.637. The van der Waals surface area contributed by atoms with Crippen molar-refractivity contribution in [2.24, 2.45) is 0 Å². The van der Waals surface area contributed by atoms with Crippen molar-refractivity contribution in [1.82, 2.24) is 0 Å². The molecule has 0 bridgehead atoms. The van der Waals surface area contributed by atoms with Gasteiger partial charge in [-0.2, -0.15) is 0 Å². The predicted octanol–water partition coefficient (Wildman–Crippen LogP) is 2.86. The first-order valence-electron chi connectivity index (χ1n) is 6.03. The van der Waals surface area contributed by atoms with Crippen molar-refractivity contribution in [2.75, 3.05) is 6.61 Å². The Balaban J connectivity index is 2.37. The molecule has 0 spiro atoms. The van der Waals surface area contributed by atoms with Crippen LogP contribution < -0.4 is 0 Å². The standard InChI is InChI=1S/C14H15BrO3/c1-3-18-14(17)8(2)9-5-4-6-10-11(9)7-12(15)13(10)16/h4-6,8,12H,3,7H2,1-2H3. The highest BCUT2D eigenvalue weighted by molar-refractivity contribution is 9.10. The number of alkyl halides is 1. The fourth-order valence-corrected chi connectivity index (χ4v) is 2.87. The summed E-state index contributed by atoms with van der Waals surface area (Å²) in [7, 11) is 0. The van der Waals surface area contributed by atoms with E-state index in [0.717, 1.165) is 16.7 Å². The Morgan fingerprint density at radius 3 is 2.94 bits per heavy atom. The molecule has 0 saturated carbocycles. The minimum Gasteiger partial charge on any atom is -0.466 e. The van der Waals surface area contributed by atoms with Gasteiger partial charge in [0.1, 0.15) is 0 Å². The molecule has 18 heavy (non-hydrogen) atoms. The van der Waals surface area contributed by atoms with Gasteiger partial charge >= 0.3 is 5.97 Å². The summed E-state index contributed by atoms with van der Waals surface area (Å²) >= 11 is 3.37. The van der Waals surface area contributed by atoms with Gasteiger partial charge in [0, 0.05) is 5.56 Å². The lowest BCUT2D eigenvalue weighted by Gasteiger charge is -2.14. The number of hydrogen-bond acceptors (Lipinski definition) is 3. The van der Waals surface area contributed by atoms with Gasteiger partial charge in [0.05, 0.1) is 17.4 Å². The maximum Gasteiger partial charge on any atom is 0.313 e. The van der Waals surface area contributed by atoms with Gasteiger partial charge in [0.15, 0.2) is 5.78 Å². The first-order valence-corrected chi connectivity index (χ1v) is 6.94. The number of carbonyl (C=O) groups is 2. The molecule has 0 aromatic heterocycles. The molecular formula is C14H15BrO3. The van der Waals surface area contributed by atoms with Crippen LogP contribution >= 0.6 is 15.9 Å². The van der Waals surface area contributed by atoms with Gasteiger partial charge in [-0.15, -0.1) is 0 Å². The summed E-state index contributed by atoms with van der Waals surface area (Å²) < 4.78 is 5.04. The number of Topliss-reactive ketones (excluding diaryl/α,β-unsaturated/α-hetero) is 1. The molecule has 0 amide bonds. The molecule has 2 atom stereocenters. The molecule has 1 aliphatic rings. The van der Waals surface area contributed by atoms with E-state index in [0.29, 0.717) is 13.0 Å². The Hall–Kier alpha value is -1.16. The van der Waals surface area contributed by atoms with E-state index in [9.17, 15) is 9.59 Å². The van der Waals surface area contributed by atoms with Crippen LogP contribution in [0.2, 0.25) is 0 Å². The summed E-state index contributed by atoms with van der Waals surface area (Å²) in [5.41, 5.74) is 2.61. The summed E-state index contributed by atoms with van der Waals surface area (Å²) in [4.78, 5) is 23.5. The van der Waals surface area contributed by atoms with E-state index in [1.54, 1.807) is 6.92 Å². The van der Waals surface area contributed by atoms with Gasteiger partial charge in [0.2, 0.25) is 0 Å². The molecule has 1 aromatic rings. The summed E-state index contributed by atoms with van der Waals surface area (Å²) in [5, 5.41) is 0. The molecule has 0 N–H and O–H groups in total. The van der Waals surface area contributed by atoms with Crippen molar-refractivity contribution in [2.45, 2.75) is 31.0 Å². The second-order valence-corrected chi connectivity index (χ2v) is 5.49. The van der Waals surface area contributed by atoms with Crippen LogP contribution in [0, 0.1) is 0 Å². The smallest absolute Gasteiger partial charge is 0.313 e. The molecule has 2 rings (SSSR count). The highest BCUT2D eigenvalue weighted by Gasteiger charge is 2.32. The Bertz CT molecular complexity index is 496. The van der Waals surface area contributed by atoms with Crippen LogP contribution in [0.1, 0.15) is 41.3 Å². The van der Waals surface area contributed by atoms with E-state index in [1.165, 1.54) is 0 Å². The molecule has 0 aliphatic heterocycles. The Morgan fingerprint density at radius 1 is 1.56 bits per heavy atom. The summed E-state index contributed by atoms with van der Waals surface area (Å²) in [6.45, 7) is 3.98. The maximum atomic E-state index is 11.9. The fraction of sp³-hybridized carbons (Fsp3) is 0.429. The largest absolute Gasteiger partial charge is 0.466 e. The molecular weight excluding hydrogens is 296 g/mol. The van der Waals surface area contributed by atoms with E-state index in [1.807, 2.05) is 25.1 Å². The van der Waals surface area contributed by atoms with Crippen molar-refractivity contribution in [3.63, 3.8) is 0 Å². The lowest BCUT2D eigenvalue weighted by molar-refractivity contribution is -0.144. The van der Waals surface area contributed by atoms with Gasteiger partial charge in [-0.05, 0) is 31.4 Å². The van der Waals surface area contributed by atoms with E-state index < -0.39 is 0 Å². The van der Waals surface area contributed by atoms with Crippen molar-refractivity contribution in [1.29, 1.82) is 0 Å². The second-order valence-electron chi connectivity index (χ2n) is 4.38. The molecule has 96 valence electrons. The number of ketones is 1. The molecule has 1 aliphatic carbocycles. The maximum absolute atomic E-state index is 11.9. The number of fused-ring (bicyclic) bond motifs is 1. The van der Waals surface area contributed by atoms with Crippen molar-refractivity contribution >= 4 is 27.7 Å². The SMILES string of the molecule is CCOC(=O)C(C)c1cccc2c1CC(Br)C2=O. The number of hydrogen-bond donors (Lipinski definition) is 0. The first kappa shape index (κ1) is 13.3. The Labute approximate surface area is 115 Å². The third kappa shape index (κ3) is 2.21. The first-order chi connectivity index (χ1) is 8.56. The van der Waals surface area contributed by atoms with Crippen molar-refractivity contribution in [3.8, 4) is 0 Å². The van der Waals surface area contributed by atoms with Crippen molar-refractivity contribution < 1.29 is 14.3 Å². The van der Waals surface area contributed by atoms with E-state index in [-0.39, 0.29) is 22.5 Å². The van der Waals surface area contributed by atoms with E-state index in [2.05, 4.69) is 15.9 Å². The van der Waals surface area contributed by atoms with E-state index >= 15 is 0 Å².